The summed E-state index contributed by atoms with van der Waals surface area (Å²) in [6, 6.07) is 1.88. The molecule has 6 nitrogen and oxygen atoms in total. The minimum absolute atomic E-state index is 0.0893. The summed E-state index contributed by atoms with van der Waals surface area (Å²) in [6.07, 6.45) is 9.13. The molecule has 4 heterocycles. The molecule has 0 fully saturated rings. The van der Waals surface area contributed by atoms with Crippen LogP contribution in [0.3, 0.4) is 0 Å². The lowest BCUT2D eigenvalue weighted by Crippen LogP contribution is -2.22. The fourth-order valence-electron chi connectivity index (χ4n) is 3.00. The van der Waals surface area contributed by atoms with E-state index < -0.39 is 5.41 Å². The zero-order valence-corrected chi connectivity index (χ0v) is 13.8. The van der Waals surface area contributed by atoms with Crippen LogP contribution in [0.1, 0.15) is 42.7 Å². The molecule has 0 radical (unpaired) electrons. The van der Waals surface area contributed by atoms with Crippen LogP contribution in [0.15, 0.2) is 35.8 Å². The Kier molecular flexibility index (Phi) is 3.09. The molecule has 1 aliphatic heterocycles. The molecule has 1 atom stereocenters. The van der Waals surface area contributed by atoms with Gasteiger partial charge in [-0.3, -0.25) is 9.78 Å². The van der Waals surface area contributed by atoms with Crippen molar-refractivity contribution in [3.8, 4) is 0 Å². The van der Waals surface area contributed by atoms with E-state index in [9.17, 15) is 4.79 Å². The Labute approximate surface area is 139 Å². The highest BCUT2D eigenvalue weighted by atomic mass is 16.1. The molecule has 0 spiro atoms. The third-order valence-corrected chi connectivity index (χ3v) is 4.29. The van der Waals surface area contributed by atoms with Crippen LogP contribution < -0.4 is 5.32 Å². The fraction of sp³-hybridized carbons (Fsp3) is 0.278. The molecule has 1 aliphatic rings. The number of hydrogen-bond donors (Lipinski definition) is 3. The summed E-state index contributed by atoms with van der Waals surface area (Å²) in [5.41, 5.74) is 3.04. The van der Waals surface area contributed by atoms with Crippen molar-refractivity contribution in [2.75, 3.05) is 5.32 Å². The highest BCUT2D eigenvalue weighted by Crippen LogP contribution is 2.38. The van der Waals surface area contributed by atoms with Gasteiger partial charge in [0.15, 0.2) is 11.6 Å². The normalized spacial score (nSPS) is 16.9. The molecule has 3 N–H and O–H groups in total. The van der Waals surface area contributed by atoms with Crippen molar-refractivity contribution in [2.24, 2.45) is 10.4 Å². The predicted molar refractivity (Wildman–Crippen MR) is 95.2 cm³/mol. The highest BCUT2D eigenvalue weighted by Gasteiger charge is 2.30. The van der Waals surface area contributed by atoms with E-state index in [1.807, 2.05) is 39.2 Å². The van der Waals surface area contributed by atoms with Gasteiger partial charge in [0.2, 0.25) is 0 Å². The van der Waals surface area contributed by atoms with Crippen molar-refractivity contribution in [1.82, 2.24) is 15.0 Å². The van der Waals surface area contributed by atoms with Crippen LogP contribution in [0.4, 0.5) is 11.5 Å². The minimum Gasteiger partial charge on any atom is -0.370 e. The molecule has 0 saturated heterocycles. The van der Waals surface area contributed by atoms with Crippen molar-refractivity contribution in [3.05, 3.63) is 42.0 Å². The molecule has 0 amide bonds. The third-order valence-electron chi connectivity index (χ3n) is 4.29. The summed E-state index contributed by atoms with van der Waals surface area (Å²) in [4.78, 5) is 27.6. The van der Waals surface area contributed by atoms with E-state index in [0.29, 0.717) is 11.4 Å². The molecule has 3 aromatic rings. The second-order valence-electron chi connectivity index (χ2n) is 7.07. The molecule has 122 valence electrons. The number of hydrogen-bond acceptors (Lipinski definition) is 4. The van der Waals surface area contributed by atoms with E-state index in [1.165, 1.54) is 0 Å². The molecule has 0 bridgehead atoms. The van der Waals surface area contributed by atoms with Gasteiger partial charge in [-0.15, -0.1) is 0 Å². The van der Waals surface area contributed by atoms with Gasteiger partial charge in [0.05, 0.1) is 29.0 Å². The first-order chi connectivity index (χ1) is 11.4. The van der Waals surface area contributed by atoms with Crippen LogP contribution in [0.25, 0.3) is 10.9 Å². The highest BCUT2D eigenvalue weighted by molar-refractivity contribution is 6.07. The number of carbonyl (C=O) groups is 1. The first kappa shape index (κ1) is 14.7. The number of aromatic nitrogens is 3. The number of Topliss-reactive ketones (excluding diaryl/α,β-unsaturated/α-hetero) is 1. The number of pyridine rings is 1. The average molecular weight is 321 g/mol. The zero-order valence-electron chi connectivity index (χ0n) is 13.8. The van der Waals surface area contributed by atoms with Gasteiger partial charge in [-0.2, -0.15) is 0 Å². The van der Waals surface area contributed by atoms with Gasteiger partial charge in [-0.05, 0) is 6.07 Å². The number of fused-ring (bicyclic) bond motifs is 2. The van der Waals surface area contributed by atoms with Crippen LogP contribution in [0.5, 0.6) is 0 Å². The number of nitrogens with zero attached hydrogens (tertiary/aromatic N) is 2. The smallest absolute Gasteiger partial charge is 0.171 e. The molecular weight excluding hydrogens is 302 g/mol. The Bertz CT molecular complexity index is 957. The van der Waals surface area contributed by atoms with Crippen molar-refractivity contribution < 1.29 is 4.79 Å². The largest absolute Gasteiger partial charge is 0.370 e. The Hall–Kier alpha value is -2.89. The standard InChI is InChI=1S/C18H19N5O/c1-18(2,3)16(24)12-7-21-17-15(12)23-14(9-22-17)11-6-20-13-8-19-5-4-10(11)13/h4-9,14,20-21,23H,1-3H3. The number of rotatable bonds is 2. The molecule has 0 aliphatic carbocycles. The maximum Gasteiger partial charge on any atom is 0.171 e. The molecule has 0 aromatic carbocycles. The summed E-state index contributed by atoms with van der Waals surface area (Å²) < 4.78 is 0. The Morgan fingerprint density at radius 1 is 1.21 bits per heavy atom. The molecular formula is C18H19N5O. The van der Waals surface area contributed by atoms with E-state index in [2.05, 4.69) is 25.3 Å². The summed E-state index contributed by atoms with van der Waals surface area (Å²) in [6.45, 7) is 5.76. The van der Waals surface area contributed by atoms with Crippen LogP contribution in [0, 0.1) is 5.41 Å². The van der Waals surface area contributed by atoms with Crippen molar-refractivity contribution >= 4 is 34.4 Å². The van der Waals surface area contributed by atoms with E-state index in [1.54, 1.807) is 18.6 Å². The second-order valence-corrected chi connectivity index (χ2v) is 7.07. The lowest BCUT2D eigenvalue weighted by molar-refractivity contribution is 0.0859. The third kappa shape index (κ3) is 2.22. The number of carbonyl (C=O) groups excluding carboxylic acids is 1. The zero-order chi connectivity index (χ0) is 16.9. The Balaban J connectivity index is 1.74. The number of aromatic amines is 2. The summed E-state index contributed by atoms with van der Waals surface area (Å²) in [5, 5.41) is 4.55. The average Bonchev–Trinajstić information content (AvgIpc) is 3.16. The fourth-order valence-corrected chi connectivity index (χ4v) is 3.00. The SMILES string of the molecule is CC(C)(C)C(=O)c1c[nH]c2c1NC(c1c[nH]c3cnccc13)C=N2. The topological polar surface area (TPSA) is 85.9 Å². The first-order valence-electron chi connectivity index (χ1n) is 7.93. The van der Waals surface area contributed by atoms with Crippen molar-refractivity contribution in [1.29, 1.82) is 0 Å². The van der Waals surface area contributed by atoms with Gasteiger partial charge in [0.1, 0.15) is 0 Å². The molecule has 0 saturated carbocycles. The molecule has 6 heteroatoms. The number of H-pyrrole nitrogens is 2. The van der Waals surface area contributed by atoms with Crippen LogP contribution in [0.2, 0.25) is 0 Å². The quantitative estimate of drug-likeness (QED) is 0.624. The second kappa shape index (κ2) is 5.06. The maximum atomic E-state index is 12.7. The Morgan fingerprint density at radius 2 is 2.04 bits per heavy atom. The number of aliphatic imine (C=N–C) groups is 1. The number of anilines is 1. The van der Waals surface area contributed by atoms with Gasteiger partial charge in [-0.1, -0.05) is 20.8 Å². The summed E-state index contributed by atoms with van der Waals surface area (Å²) in [7, 11) is 0. The summed E-state index contributed by atoms with van der Waals surface area (Å²) in [5.74, 6) is 0.784. The molecule has 4 rings (SSSR count). The summed E-state index contributed by atoms with van der Waals surface area (Å²) >= 11 is 0. The maximum absolute atomic E-state index is 12.7. The lowest BCUT2D eigenvalue weighted by atomic mass is 9.87. The van der Waals surface area contributed by atoms with E-state index in [-0.39, 0.29) is 11.8 Å². The monoisotopic (exact) mass is 321 g/mol. The minimum atomic E-state index is -0.444. The van der Waals surface area contributed by atoms with Crippen molar-refractivity contribution in [2.45, 2.75) is 26.8 Å². The van der Waals surface area contributed by atoms with Crippen LogP contribution in [-0.2, 0) is 0 Å². The Morgan fingerprint density at radius 3 is 2.83 bits per heavy atom. The lowest BCUT2D eigenvalue weighted by Gasteiger charge is -2.22. The molecule has 1 unspecified atom stereocenters. The number of nitrogens with one attached hydrogen (secondary N) is 3. The predicted octanol–water partition coefficient (Wildman–Crippen LogP) is 3.99. The first-order valence-corrected chi connectivity index (χ1v) is 7.93. The van der Waals surface area contributed by atoms with Gasteiger partial charge >= 0.3 is 0 Å². The number of ketones is 1. The van der Waals surface area contributed by atoms with E-state index >= 15 is 0 Å². The van der Waals surface area contributed by atoms with Gasteiger partial charge in [0.25, 0.3) is 0 Å². The van der Waals surface area contributed by atoms with E-state index in [4.69, 9.17) is 0 Å². The van der Waals surface area contributed by atoms with Gasteiger partial charge < -0.3 is 15.3 Å². The van der Waals surface area contributed by atoms with Crippen LogP contribution >= 0.6 is 0 Å². The van der Waals surface area contributed by atoms with Gasteiger partial charge in [0, 0.05) is 41.2 Å². The molecule has 3 aromatic heterocycles. The van der Waals surface area contributed by atoms with Crippen LogP contribution in [-0.4, -0.2) is 26.9 Å². The van der Waals surface area contributed by atoms with Crippen molar-refractivity contribution in [3.63, 3.8) is 0 Å². The molecule has 24 heavy (non-hydrogen) atoms. The van der Waals surface area contributed by atoms with E-state index in [0.717, 1.165) is 22.2 Å². The van der Waals surface area contributed by atoms with Gasteiger partial charge in [-0.25, -0.2) is 4.99 Å².